The fourth-order valence-corrected chi connectivity index (χ4v) is 2.27. The van der Waals surface area contributed by atoms with Crippen LogP contribution in [0.5, 0.6) is 11.5 Å². The fraction of sp³-hybridized carbons (Fsp3) is 0.250. The molecule has 2 aromatic carbocycles. The molecule has 0 saturated heterocycles. The number of halogens is 2. The molecule has 0 aliphatic carbocycles. The van der Waals surface area contributed by atoms with Crippen molar-refractivity contribution in [1.82, 2.24) is 0 Å². The van der Waals surface area contributed by atoms with Gasteiger partial charge in [0, 0.05) is 13.0 Å². The Hall–Kier alpha value is -1.42. The molecule has 112 valence electrons. The second kappa shape index (κ2) is 8.13. The molecular formula is C16H17Cl2NO2. The second-order valence-electron chi connectivity index (χ2n) is 4.45. The van der Waals surface area contributed by atoms with E-state index in [0.29, 0.717) is 35.6 Å². The van der Waals surface area contributed by atoms with Gasteiger partial charge in [0.25, 0.3) is 0 Å². The van der Waals surface area contributed by atoms with Crippen molar-refractivity contribution in [1.29, 1.82) is 0 Å². The number of hydrogen-bond donors (Lipinski definition) is 1. The van der Waals surface area contributed by atoms with Crippen molar-refractivity contribution in [2.24, 2.45) is 5.73 Å². The maximum Gasteiger partial charge on any atom is 0.156 e. The van der Waals surface area contributed by atoms with Crippen LogP contribution in [0, 0.1) is 0 Å². The molecule has 0 heterocycles. The lowest BCUT2D eigenvalue weighted by Crippen LogP contribution is -2.05. The van der Waals surface area contributed by atoms with Gasteiger partial charge in [0.05, 0.1) is 23.3 Å². The molecule has 0 bridgehead atoms. The molecule has 0 aromatic heterocycles. The lowest BCUT2D eigenvalue weighted by molar-refractivity contribution is 0.247. The summed E-state index contributed by atoms with van der Waals surface area (Å²) in [6.07, 6.45) is 0.736. The van der Waals surface area contributed by atoms with E-state index >= 15 is 0 Å². The third-order valence-corrected chi connectivity index (χ3v) is 3.48. The van der Waals surface area contributed by atoms with Gasteiger partial charge in [0.2, 0.25) is 0 Å². The van der Waals surface area contributed by atoms with Crippen LogP contribution in [-0.2, 0) is 6.54 Å². The molecule has 0 atom stereocenters. The van der Waals surface area contributed by atoms with Gasteiger partial charge in [0.15, 0.2) is 5.75 Å². The van der Waals surface area contributed by atoms with E-state index in [9.17, 15) is 0 Å². The Kier molecular flexibility index (Phi) is 6.18. The van der Waals surface area contributed by atoms with Gasteiger partial charge in [-0.2, -0.15) is 0 Å². The van der Waals surface area contributed by atoms with Gasteiger partial charge in [0.1, 0.15) is 5.75 Å². The molecule has 0 spiro atoms. The summed E-state index contributed by atoms with van der Waals surface area (Å²) >= 11 is 12.0. The monoisotopic (exact) mass is 325 g/mol. The lowest BCUT2D eigenvalue weighted by atomic mass is 10.2. The topological polar surface area (TPSA) is 44.5 Å². The summed E-state index contributed by atoms with van der Waals surface area (Å²) in [7, 11) is 0. The first kappa shape index (κ1) is 16.0. The molecule has 2 N–H and O–H groups in total. The largest absolute Gasteiger partial charge is 0.493 e. The van der Waals surface area contributed by atoms with Crippen LogP contribution in [0.2, 0.25) is 10.0 Å². The Labute approximate surface area is 134 Å². The van der Waals surface area contributed by atoms with E-state index in [1.165, 1.54) is 0 Å². The molecule has 0 radical (unpaired) electrons. The van der Waals surface area contributed by atoms with Gasteiger partial charge < -0.3 is 15.2 Å². The number of ether oxygens (including phenoxy) is 2. The molecule has 0 unspecified atom stereocenters. The Morgan fingerprint density at radius 1 is 0.857 bits per heavy atom. The quantitative estimate of drug-likeness (QED) is 0.772. The molecule has 0 aliphatic rings. The summed E-state index contributed by atoms with van der Waals surface area (Å²) in [5.74, 6) is 1.34. The Balaban J connectivity index is 1.72. The first-order valence-electron chi connectivity index (χ1n) is 6.69. The van der Waals surface area contributed by atoms with Crippen LogP contribution in [-0.4, -0.2) is 13.2 Å². The van der Waals surface area contributed by atoms with E-state index in [2.05, 4.69) is 0 Å². The summed E-state index contributed by atoms with van der Waals surface area (Å²) in [5, 5.41) is 1.03. The Bertz CT molecular complexity index is 553. The van der Waals surface area contributed by atoms with Crippen molar-refractivity contribution >= 4 is 23.2 Å². The van der Waals surface area contributed by atoms with Gasteiger partial charge in [-0.25, -0.2) is 0 Å². The number of para-hydroxylation sites is 1. The van der Waals surface area contributed by atoms with Crippen LogP contribution >= 0.6 is 23.2 Å². The van der Waals surface area contributed by atoms with Crippen molar-refractivity contribution in [3.05, 3.63) is 58.1 Å². The molecule has 0 aliphatic heterocycles. The van der Waals surface area contributed by atoms with E-state index in [1.807, 2.05) is 24.3 Å². The normalized spacial score (nSPS) is 10.4. The SMILES string of the molecule is NCc1ccc(OCCCOc2c(Cl)cccc2Cl)cc1. The minimum atomic E-state index is 0.490. The number of nitrogens with two attached hydrogens (primary N) is 1. The van der Waals surface area contributed by atoms with Crippen LogP contribution in [0.3, 0.4) is 0 Å². The van der Waals surface area contributed by atoms with Crippen LogP contribution in [0.25, 0.3) is 0 Å². The van der Waals surface area contributed by atoms with Crippen molar-refractivity contribution < 1.29 is 9.47 Å². The summed E-state index contributed by atoms with van der Waals surface area (Å²) in [6.45, 7) is 1.58. The van der Waals surface area contributed by atoms with Gasteiger partial charge >= 0.3 is 0 Å². The van der Waals surface area contributed by atoms with Gasteiger partial charge in [-0.05, 0) is 29.8 Å². The summed E-state index contributed by atoms with van der Waals surface area (Å²) in [5.41, 5.74) is 6.62. The molecular weight excluding hydrogens is 309 g/mol. The zero-order valence-corrected chi connectivity index (χ0v) is 13.0. The number of rotatable bonds is 7. The van der Waals surface area contributed by atoms with Crippen LogP contribution in [0.15, 0.2) is 42.5 Å². The predicted octanol–water partition coefficient (Wildman–Crippen LogP) is 4.30. The van der Waals surface area contributed by atoms with E-state index < -0.39 is 0 Å². The first-order chi connectivity index (χ1) is 10.2. The summed E-state index contributed by atoms with van der Waals surface area (Å²) < 4.78 is 11.2. The molecule has 2 aromatic rings. The molecule has 5 heteroatoms. The van der Waals surface area contributed by atoms with E-state index in [-0.39, 0.29) is 0 Å². The minimum absolute atomic E-state index is 0.490. The Morgan fingerprint density at radius 2 is 1.48 bits per heavy atom. The highest BCUT2D eigenvalue weighted by Gasteiger charge is 2.06. The molecule has 0 saturated carbocycles. The van der Waals surface area contributed by atoms with Crippen molar-refractivity contribution in [2.45, 2.75) is 13.0 Å². The third kappa shape index (κ3) is 4.81. The van der Waals surface area contributed by atoms with E-state index in [1.54, 1.807) is 18.2 Å². The van der Waals surface area contributed by atoms with Crippen LogP contribution in [0.4, 0.5) is 0 Å². The minimum Gasteiger partial charge on any atom is -0.493 e. The van der Waals surface area contributed by atoms with Crippen LogP contribution in [0.1, 0.15) is 12.0 Å². The lowest BCUT2D eigenvalue weighted by Gasteiger charge is -2.10. The molecule has 0 amide bonds. The molecule has 21 heavy (non-hydrogen) atoms. The fourth-order valence-electron chi connectivity index (χ4n) is 1.77. The van der Waals surface area contributed by atoms with E-state index in [0.717, 1.165) is 17.7 Å². The maximum absolute atomic E-state index is 6.02. The van der Waals surface area contributed by atoms with E-state index in [4.69, 9.17) is 38.4 Å². The highest BCUT2D eigenvalue weighted by Crippen LogP contribution is 2.32. The number of hydrogen-bond acceptors (Lipinski definition) is 3. The zero-order chi connectivity index (χ0) is 15.1. The second-order valence-corrected chi connectivity index (χ2v) is 5.26. The first-order valence-corrected chi connectivity index (χ1v) is 7.45. The zero-order valence-electron chi connectivity index (χ0n) is 11.5. The highest BCUT2D eigenvalue weighted by molar-refractivity contribution is 6.37. The standard InChI is InChI=1S/C16H17Cl2NO2/c17-14-3-1-4-15(18)16(14)21-10-2-9-20-13-7-5-12(11-19)6-8-13/h1,3-8H,2,9-11,19H2. The predicted molar refractivity (Wildman–Crippen MR) is 86.4 cm³/mol. The summed E-state index contributed by atoms with van der Waals surface area (Å²) in [4.78, 5) is 0. The number of benzene rings is 2. The van der Waals surface area contributed by atoms with Gasteiger partial charge in [-0.15, -0.1) is 0 Å². The van der Waals surface area contributed by atoms with Crippen molar-refractivity contribution in [3.63, 3.8) is 0 Å². The third-order valence-electron chi connectivity index (χ3n) is 2.88. The average Bonchev–Trinajstić information content (AvgIpc) is 2.50. The van der Waals surface area contributed by atoms with Crippen molar-refractivity contribution in [3.8, 4) is 11.5 Å². The van der Waals surface area contributed by atoms with Gasteiger partial charge in [-0.1, -0.05) is 41.4 Å². The molecule has 2 rings (SSSR count). The van der Waals surface area contributed by atoms with Gasteiger partial charge in [-0.3, -0.25) is 0 Å². The average molecular weight is 326 g/mol. The maximum atomic E-state index is 6.02. The summed E-state index contributed by atoms with van der Waals surface area (Å²) in [6, 6.07) is 13.0. The Morgan fingerprint density at radius 3 is 2.10 bits per heavy atom. The van der Waals surface area contributed by atoms with Crippen molar-refractivity contribution in [2.75, 3.05) is 13.2 Å². The molecule has 3 nitrogen and oxygen atoms in total. The highest BCUT2D eigenvalue weighted by atomic mass is 35.5. The van der Waals surface area contributed by atoms with Crippen LogP contribution < -0.4 is 15.2 Å². The smallest absolute Gasteiger partial charge is 0.156 e. The molecule has 0 fully saturated rings.